The number of halogens is 1. The van der Waals surface area contributed by atoms with E-state index in [1.54, 1.807) is 30.3 Å². The van der Waals surface area contributed by atoms with E-state index in [2.05, 4.69) is 10.6 Å². The number of aliphatic hydroxyl groups is 2. The third-order valence-electron chi connectivity index (χ3n) is 2.71. The molecule has 7 heteroatoms. The van der Waals surface area contributed by atoms with Gasteiger partial charge >= 0.3 is 0 Å². The van der Waals surface area contributed by atoms with Crippen molar-refractivity contribution in [1.82, 2.24) is 0 Å². The minimum absolute atomic E-state index is 0.181. The van der Waals surface area contributed by atoms with Crippen LogP contribution in [0.25, 0.3) is 0 Å². The van der Waals surface area contributed by atoms with Crippen molar-refractivity contribution in [3.63, 3.8) is 0 Å². The van der Waals surface area contributed by atoms with Crippen molar-refractivity contribution in [3.8, 4) is 0 Å². The Bertz CT molecular complexity index is 601. The molecule has 6 nitrogen and oxygen atoms in total. The molecule has 2 rings (SSSR count). The van der Waals surface area contributed by atoms with Crippen molar-refractivity contribution in [1.29, 1.82) is 0 Å². The van der Waals surface area contributed by atoms with Gasteiger partial charge in [-0.15, -0.1) is 0 Å². The number of carbonyl (C=O) groups excluding carboxylic acids is 1. The molecule has 4 N–H and O–H groups in total. The zero-order valence-corrected chi connectivity index (χ0v) is 11.8. The van der Waals surface area contributed by atoms with Crippen LogP contribution in [0.2, 0.25) is 5.02 Å². The lowest BCUT2D eigenvalue weighted by Crippen LogP contribution is -2.23. The molecule has 0 spiro atoms. The van der Waals surface area contributed by atoms with E-state index >= 15 is 0 Å². The Balaban J connectivity index is 2.06. The second-order valence-electron chi connectivity index (χ2n) is 4.34. The first-order valence-corrected chi connectivity index (χ1v) is 6.65. The number of hydrogen-bond donors (Lipinski definition) is 4. The maximum absolute atomic E-state index is 11.9. The normalized spacial score (nSPS) is 12.0. The van der Waals surface area contributed by atoms with E-state index in [1.807, 2.05) is 0 Å². The van der Waals surface area contributed by atoms with Crippen molar-refractivity contribution < 1.29 is 19.4 Å². The van der Waals surface area contributed by atoms with Crippen LogP contribution in [0.4, 0.5) is 11.4 Å². The maximum atomic E-state index is 11.9. The van der Waals surface area contributed by atoms with E-state index in [0.29, 0.717) is 16.4 Å². The number of hydrogen-bond acceptors (Lipinski definition) is 5. The highest BCUT2D eigenvalue weighted by molar-refractivity contribution is 6.34. The van der Waals surface area contributed by atoms with Crippen molar-refractivity contribution >= 4 is 28.9 Å². The molecule has 0 bridgehead atoms. The van der Waals surface area contributed by atoms with E-state index in [0.717, 1.165) is 0 Å². The summed E-state index contributed by atoms with van der Waals surface area (Å²) in [5.41, 5.74) is 1.07. The number of nitrogens with one attached hydrogen (secondary N) is 2. The molecule has 0 radical (unpaired) electrons. The Labute approximate surface area is 126 Å². The van der Waals surface area contributed by atoms with E-state index in [4.69, 9.17) is 21.1 Å². The highest BCUT2D eigenvalue weighted by Crippen LogP contribution is 2.26. The molecule has 112 valence electrons. The molecule has 1 aromatic carbocycles. The topological polar surface area (TPSA) is 94.7 Å². The van der Waals surface area contributed by atoms with Crippen LogP contribution in [-0.2, 0) is 0 Å². The van der Waals surface area contributed by atoms with Crippen molar-refractivity contribution in [2.75, 3.05) is 23.8 Å². The summed E-state index contributed by atoms with van der Waals surface area (Å²) in [6, 6.07) is 8.11. The van der Waals surface area contributed by atoms with E-state index in [-0.39, 0.29) is 18.9 Å². The maximum Gasteiger partial charge on any atom is 0.291 e. The first kappa shape index (κ1) is 15.4. The third kappa shape index (κ3) is 4.22. The van der Waals surface area contributed by atoms with Crippen molar-refractivity contribution in [2.24, 2.45) is 0 Å². The minimum atomic E-state index is -0.859. The third-order valence-corrected chi connectivity index (χ3v) is 3.04. The van der Waals surface area contributed by atoms with Crippen LogP contribution < -0.4 is 10.6 Å². The molecule has 0 saturated carbocycles. The van der Waals surface area contributed by atoms with Gasteiger partial charge < -0.3 is 25.3 Å². The molecule has 1 aromatic heterocycles. The Hall–Kier alpha value is -2.02. The summed E-state index contributed by atoms with van der Waals surface area (Å²) < 4.78 is 5.00. The van der Waals surface area contributed by atoms with Crippen LogP contribution in [0.3, 0.4) is 0 Å². The van der Waals surface area contributed by atoms with Crippen LogP contribution in [0.5, 0.6) is 0 Å². The Morgan fingerprint density at radius 1 is 1.38 bits per heavy atom. The standard InChI is InChI=1S/C14H15ClN2O4/c15-11-4-3-9(16-7-10(19)8-18)6-12(11)17-14(20)13-2-1-5-21-13/h1-6,10,16,18-19H,7-8H2,(H,17,20). The van der Waals surface area contributed by atoms with Crippen LogP contribution >= 0.6 is 11.6 Å². The summed E-state index contributed by atoms with van der Waals surface area (Å²) in [5.74, 6) is -0.227. The van der Waals surface area contributed by atoms with E-state index < -0.39 is 12.0 Å². The van der Waals surface area contributed by atoms with Crippen molar-refractivity contribution in [3.05, 3.63) is 47.4 Å². The monoisotopic (exact) mass is 310 g/mol. The smallest absolute Gasteiger partial charge is 0.291 e. The minimum Gasteiger partial charge on any atom is -0.459 e. The molecule has 2 aromatic rings. The molecule has 1 atom stereocenters. The summed E-state index contributed by atoms with van der Waals surface area (Å²) in [7, 11) is 0. The van der Waals surface area contributed by atoms with Gasteiger partial charge in [0.2, 0.25) is 0 Å². The van der Waals surface area contributed by atoms with Gasteiger partial charge in [-0.2, -0.15) is 0 Å². The predicted molar refractivity (Wildman–Crippen MR) is 79.7 cm³/mol. The van der Waals surface area contributed by atoms with Crippen molar-refractivity contribution in [2.45, 2.75) is 6.10 Å². The average molecular weight is 311 g/mol. The second-order valence-corrected chi connectivity index (χ2v) is 4.75. The molecule has 1 heterocycles. The molecule has 0 fully saturated rings. The van der Waals surface area contributed by atoms with E-state index in [9.17, 15) is 9.90 Å². The first-order valence-electron chi connectivity index (χ1n) is 6.27. The molecule has 0 aliphatic heterocycles. The molecule has 0 aliphatic rings. The van der Waals surface area contributed by atoms with Crippen LogP contribution in [0.1, 0.15) is 10.6 Å². The summed E-state index contributed by atoms with van der Waals surface area (Å²) in [4.78, 5) is 11.9. The van der Waals surface area contributed by atoms with Gasteiger partial charge in [-0.25, -0.2) is 0 Å². The fourth-order valence-electron chi connectivity index (χ4n) is 1.62. The SMILES string of the molecule is O=C(Nc1cc(NCC(O)CO)ccc1Cl)c1ccco1. The van der Waals surface area contributed by atoms with Crippen LogP contribution in [-0.4, -0.2) is 35.4 Å². The summed E-state index contributed by atoms with van der Waals surface area (Å²) >= 11 is 6.03. The first-order chi connectivity index (χ1) is 10.1. The lowest BCUT2D eigenvalue weighted by atomic mass is 10.2. The van der Waals surface area contributed by atoms with Gasteiger partial charge in [0.05, 0.1) is 29.7 Å². The number of rotatable bonds is 6. The molecule has 21 heavy (non-hydrogen) atoms. The largest absolute Gasteiger partial charge is 0.459 e. The Morgan fingerprint density at radius 2 is 2.19 bits per heavy atom. The number of aliphatic hydroxyl groups excluding tert-OH is 2. The molecule has 1 unspecified atom stereocenters. The number of carbonyl (C=O) groups is 1. The molecular weight excluding hydrogens is 296 g/mol. The molecule has 0 saturated heterocycles. The molecule has 0 aliphatic carbocycles. The number of amides is 1. The average Bonchev–Trinajstić information content (AvgIpc) is 3.02. The van der Waals surface area contributed by atoms with Gasteiger partial charge in [0.25, 0.3) is 5.91 Å². The fraction of sp³-hybridized carbons (Fsp3) is 0.214. The predicted octanol–water partition coefficient (Wildman–Crippen LogP) is 1.95. The zero-order valence-electron chi connectivity index (χ0n) is 11.0. The zero-order chi connectivity index (χ0) is 15.2. The van der Waals surface area contributed by atoms with Crippen LogP contribution in [0.15, 0.2) is 41.0 Å². The summed E-state index contributed by atoms with van der Waals surface area (Å²) in [6.07, 6.45) is 0.548. The number of anilines is 2. The number of benzene rings is 1. The highest BCUT2D eigenvalue weighted by atomic mass is 35.5. The Kier molecular flexibility index (Phi) is 5.21. The quantitative estimate of drug-likeness (QED) is 0.654. The van der Waals surface area contributed by atoms with Gasteiger partial charge in [0.1, 0.15) is 0 Å². The molecular formula is C14H15ClN2O4. The summed E-state index contributed by atoms with van der Waals surface area (Å²) in [6.45, 7) is -0.146. The second kappa shape index (κ2) is 7.12. The van der Waals surface area contributed by atoms with Gasteiger partial charge in [-0.05, 0) is 30.3 Å². The fourth-order valence-corrected chi connectivity index (χ4v) is 1.79. The van der Waals surface area contributed by atoms with Gasteiger partial charge in [-0.1, -0.05) is 11.6 Å². The van der Waals surface area contributed by atoms with Crippen LogP contribution in [0, 0.1) is 0 Å². The lowest BCUT2D eigenvalue weighted by Gasteiger charge is -2.12. The van der Waals surface area contributed by atoms with Gasteiger partial charge in [0, 0.05) is 12.2 Å². The van der Waals surface area contributed by atoms with Gasteiger partial charge in [-0.3, -0.25) is 4.79 Å². The summed E-state index contributed by atoms with van der Waals surface area (Å²) in [5, 5.41) is 24.0. The Morgan fingerprint density at radius 3 is 2.86 bits per heavy atom. The van der Waals surface area contributed by atoms with Gasteiger partial charge in [0.15, 0.2) is 5.76 Å². The molecule has 1 amide bonds. The highest BCUT2D eigenvalue weighted by Gasteiger charge is 2.11. The van der Waals surface area contributed by atoms with E-state index in [1.165, 1.54) is 6.26 Å². The lowest BCUT2D eigenvalue weighted by molar-refractivity contribution is 0.0996. The number of furan rings is 1.